The van der Waals surface area contributed by atoms with Gasteiger partial charge in [-0.05, 0) is 101 Å². The zero-order valence-corrected chi connectivity index (χ0v) is 26.7. The van der Waals surface area contributed by atoms with Gasteiger partial charge in [0, 0.05) is 16.7 Å². The van der Waals surface area contributed by atoms with E-state index in [1.807, 2.05) is 24.3 Å². The first kappa shape index (κ1) is 28.4. The van der Waals surface area contributed by atoms with E-state index in [0.717, 1.165) is 62.6 Å². The third-order valence-corrected chi connectivity index (χ3v) is 11.2. The van der Waals surface area contributed by atoms with Gasteiger partial charge >= 0.3 is 0 Å². The lowest BCUT2D eigenvalue weighted by Crippen LogP contribution is -2.66. The minimum absolute atomic E-state index is 0.402. The number of benzene rings is 5. The van der Waals surface area contributed by atoms with Crippen molar-refractivity contribution in [1.29, 1.82) is 0 Å². The van der Waals surface area contributed by atoms with Crippen molar-refractivity contribution in [2.75, 3.05) is 0 Å². The van der Waals surface area contributed by atoms with E-state index in [1.54, 1.807) is 0 Å². The van der Waals surface area contributed by atoms with Crippen LogP contribution in [0.1, 0.15) is 38.2 Å². The van der Waals surface area contributed by atoms with E-state index in [-0.39, 0.29) is 0 Å². The first-order valence-electron chi connectivity index (χ1n) is 17.0. The van der Waals surface area contributed by atoms with Crippen LogP contribution in [0.25, 0.3) is 56.4 Å². The number of rotatable bonds is 6. The molecule has 0 aliphatic heterocycles. The monoisotopic (exact) mass is 605 g/mol. The molecule has 0 bridgehead atoms. The lowest BCUT2D eigenvalue weighted by Gasteiger charge is -2.71. The highest BCUT2D eigenvalue weighted by Crippen LogP contribution is 2.72. The third kappa shape index (κ3) is 4.93. The molecule has 5 atom stereocenters. The highest BCUT2D eigenvalue weighted by molar-refractivity contribution is 6.32. The quantitative estimate of drug-likeness (QED) is 0.178. The second-order valence-electron chi connectivity index (χ2n) is 14.2. The lowest BCUT2D eigenvalue weighted by atomic mass is 9.33. The molecule has 3 aliphatic carbocycles. The van der Waals surface area contributed by atoms with Crippen LogP contribution >= 0.6 is 0 Å². The first-order valence-corrected chi connectivity index (χ1v) is 17.0. The van der Waals surface area contributed by atoms with Crippen molar-refractivity contribution < 1.29 is 0 Å². The van der Waals surface area contributed by atoms with Crippen molar-refractivity contribution >= 4 is 13.3 Å². The fraction of sp³-hybridized carbons (Fsp3) is 0.233. The summed E-state index contributed by atoms with van der Waals surface area (Å²) in [5.74, 6) is 5.62. The molecule has 5 aromatic carbocycles. The molecule has 0 amide bonds. The maximum atomic E-state index is 6.05. The Balaban J connectivity index is 1.14. The molecule has 3 unspecified atom stereocenters. The predicted molar refractivity (Wildman–Crippen MR) is 192 cm³/mol. The molecule has 3 saturated carbocycles. The third-order valence-electron chi connectivity index (χ3n) is 11.2. The van der Waals surface area contributed by atoms with Crippen LogP contribution in [0.5, 0.6) is 0 Å². The Morgan fingerprint density at radius 1 is 0.511 bits per heavy atom. The Morgan fingerprint density at radius 2 is 0.957 bits per heavy atom. The fourth-order valence-electron chi connectivity index (χ4n) is 9.23. The molecule has 226 valence electrons. The molecule has 1 aromatic heterocycles. The molecule has 4 heteroatoms. The molecule has 0 spiro atoms. The van der Waals surface area contributed by atoms with Crippen LogP contribution in [0, 0.1) is 23.7 Å². The fourth-order valence-corrected chi connectivity index (χ4v) is 9.23. The van der Waals surface area contributed by atoms with Crippen LogP contribution in [0.15, 0.2) is 127 Å². The normalized spacial score (nSPS) is 24.1. The van der Waals surface area contributed by atoms with Gasteiger partial charge < -0.3 is 0 Å². The van der Waals surface area contributed by atoms with E-state index in [9.17, 15) is 0 Å². The highest BCUT2D eigenvalue weighted by Gasteiger charge is 2.66. The Bertz CT molecular complexity index is 2000. The van der Waals surface area contributed by atoms with Crippen molar-refractivity contribution in [3.8, 4) is 56.4 Å². The van der Waals surface area contributed by atoms with Gasteiger partial charge in [0.15, 0.2) is 17.5 Å². The number of nitrogens with zero attached hydrogens (tertiary/aromatic N) is 3. The zero-order chi connectivity index (χ0) is 31.5. The summed E-state index contributed by atoms with van der Waals surface area (Å²) in [5, 5.41) is 0. The molecule has 3 nitrogen and oxygen atoms in total. The molecular formula is C43H36BN3. The molecule has 1 heterocycles. The van der Waals surface area contributed by atoms with E-state index in [4.69, 9.17) is 22.8 Å². The summed E-state index contributed by atoms with van der Waals surface area (Å²) in [4.78, 5) is 15.3. The van der Waals surface area contributed by atoms with E-state index in [0.29, 0.717) is 28.4 Å². The average Bonchev–Trinajstić information content (AvgIpc) is 3.10. The van der Waals surface area contributed by atoms with Gasteiger partial charge in [0.25, 0.3) is 0 Å². The van der Waals surface area contributed by atoms with E-state index in [2.05, 4.69) is 110 Å². The van der Waals surface area contributed by atoms with Gasteiger partial charge in [0.2, 0.25) is 0 Å². The summed E-state index contributed by atoms with van der Waals surface area (Å²) in [5.41, 5.74) is 10.0. The summed E-state index contributed by atoms with van der Waals surface area (Å²) >= 11 is 0. The molecular weight excluding hydrogens is 569 g/mol. The summed E-state index contributed by atoms with van der Waals surface area (Å²) in [6.07, 6.45) is 5.55. The molecule has 3 fully saturated rings. The predicted octanol–water partition coefficient (Wildman–Crippen LogP) is 9.32. The zero-order valence-electron chi connectivity index (χ0n) is 26.7. The van der Waals surface area contributed by atoms with Crippen molar-refractivity contribution in [2.24, 2.45) is 23.7 Å². The molecule has 0 N–H and O–H groups in total. The van der Waals surface area contributed by atoms with Crippen molar-refractivity contribution in [3.05, 3.63) is 133 Å². The number of hydrogen-bond donors (Lipinski definition) is 0. The van der Waals surface area contributed by atoms with Gasteiger partial charge in [0.05, 0.1) is 0 Å². The van der Waals surface area contributed by atoms with E-state index >= 15 is 0 Å². The first-order chi connectivity index (χ1) is 23.0. The summed E-state index contributed by atoms with van der Waals surface area (Å²) in [6, 6.07) is 44.6. The molecule has 47 heavy (non-hydrogen) atoms. The summed E-state index contributed by atoms with van der Waals surface area (Å²) in [6.45, 7) is 2.45. The van der Waals surface area contributed by atoms with Crippen LogP contribution in [-0.4, -0.2) is 22.8 Å². The Kier molecular flexibility index (Phi) is 6.74. The standard InChI is InChI=1S/C43H36BN3/c1-27-20-35-25-43(26-36(21-27)39(35)43)37-16-12-30(13-17-37)40-45-41(31-14-18-38(44)19-15-31)47-42(46-40)34-23-32(28-8-4-2-5-9-28)22-33(24-34)29-10-6-3-7-11-29/h2-19,22-24,27,35-36,39H,20-21,25-26H2,1H3/t27?,35-,36+,39?,43?. The maximum Gasteiger partial charge on any atom is 0.164 e. The minimum Gasteiger partial charge on any atom is -0.208 e. The van der Waals surface area contributed by atoms with Crippen LogP contribution in [-0.2, 0) is 5.41 Å². The van der Waals surface area contributed by atoms with Crippen molar-refractivity contribution in [3.63, 3.8) is 0 Å². The van der Waals surface area contributed by atoms with Crippen molar-refractivity contribution in [1.82, 2.24) is 15.0 Å². The van der Waals surface area contributed by atoms with Crippen LogP contribution in [0.2, 0.25) is 0 Å². The molecule has 3 aliphatic rings. The Hall–Kier alpha value is -4.83. The smallest absolute Gasteiger partial charge is 0.164 e. The van der Waals surface area contributed by atoms with Crippen molar-refractivity contribution in [2.45, 2.75) is 38.0 Å². The Labute approximate surface area is 278 Å². The van der Waals surface area contributed by atoms with Gasteiger partial charge in [-0.1, -0.05) is 122 Å². The van der Waals surface area contributed by atoms with E-state index < -0.39 is 0 Å². The van der Waals surface area contributed by atoms with Gasteiger partial charge in [-0.3, -0.25) is 0 Å². The maximum absolute atomic E-state index is 6.05. The Morgan fingerprint density at radius 3 is 1.47 bits per heavy atom. The highest BCUT2D eigenvalue weighted by atomic mass is 15.0. The lowest BCUT2D eigenvalue weighted by molar-refractivity contribution is -0.163. The van der Waals surface area contributed by atoms with Crippen LogP contribution in [0.3, 0.4) is 0 Å². The molecule has 2 radical (unpaired) electrons. The number of hydrogen-bond acceptors (Lipinski definition) is 3. The topological polar surface area (TPSA) is 38.7 Å². The van der Waals surface area contributed by atoms with Gasteiger partial charge in [0.1, 0.15) is 7.85 Å². The molecule has 6 aromatic rings. The van der Waals surface area contributed by atoms with Crippen LogP contribution < -0.4 is 5.46 Å². The molecule has 9 rings (SSSR count). The van der Waals surface area contributed by atoms with Gasteiger partial charge in [-0.25, -0.2) is 15.0 Å². The summed E-state index contributed by atoms with van der Waals surface area (Å²) < 4.78 is 0. The molecule has 0 saturated heterocycles. The minimum atomic E-state index is 0.402. The van der Waals surface area contributed by atoms with Crippen LogP contribution in [0.4, 0.5) is 0 Å². The largest absolute Gasteiger partial charge is 0.208 e. The SMILES string of the molecule is [B]c1ccc(-c2nc(-c3ccc(C45C[C@H]6CC(C)C[C@@H](C4)C65)cc3)nc(-c3cc(-c4ccccc4)cc(-c4ccccc4)c3)n2)cc1. The van der Waals surface area contributed by atoms with Gasteiger partial charge in [-0.2, -0.15) is 0 Å². The second kappa shape index (κ2) is 11.2. The van der Waals surface area contributed by atoms with Gasteiger partial charge in [-0.15, -0.1) is 0 Å². The summed E-state index contributed by atoms with van der Waals surface area (Å²) in [7, 11) is 6.05. The average molecular weight is 606 g/mol. The van der Waals surface area contributed by atoms with E-state index in [1.165, 1.54) is 31.2 Å². The number of aromatic nitrogens is 3. The second-order valence-corrected chi connectivity index (χ2v) is 14.2.